The van der Waals surface area contributed by atoms with Gasteiger partial charge < -0.3 is 0 Å². The molecule has 0 fully saturated rings. The van der Waals surface area contributed by atoms with Crippen LogP contribution in [-0.2, 0) is 6.32 Å². The first-order valence-corrected chi connectivity index (χ1v) is 15.2. The van der Waals surface area contributed by atoms with E-state index in [1.54, 1.807) is 10.9 Å². The van der Waals surface area contributed by atoms with Crippen LogP contribution in [0.5, 0.6) is 0 Å². The van der Waals surface area contributed by atoms with Gasteiger partial charge in [0.15, 0.2) is 0 Å². The van der Waals surface area contributed by atoms with Crippen molar-refractivity contribution in [3.63, 3.8) is 0 Å². The van der Waals surface area contributed by atoms with Crippen molar-refractivity contribution >= 4 is 17.6 Å². The van der Waals surface area contributed by atoms with Crippen LogP contribution in [0.15, 0.2) is 54.6 Å². The largest absolute Gasteiger partial charge is 0.231 e. The third-order valence-electron chi connectivity index (χ3n) is 8.33. The van der Waals surface area contributed by atoms with Crippen molar-refractivity contribution in [2.75, 3.05) is 0 Å². The highest BCUT2D eigenvalue weighted by atomic mass is 14.2. The van der Waals surface area contributed by atoms with Gasteiger partial charge in [-0.2, -0.15) is 6.32 Å². The zero-order valence-electron chi connectivity index (χ0n) is 26.4. The van der Waals surface area contributed by atoms with E-state index in [1.807, 2.05) is 0 Å². The van der Waals surface area contributed by atoms with Gasteiger partial charge in [-0.25, -0.2) is 10.9 Å². The number of hydrogen-bond acceptors (Lipinski definition) is 0. The minimum Gasteiger partial charge on any atom is -0.231 e. The van der Waals surface area contributed by atoms with Crippen LogP contribution < -0.4 is 10.9 Å². The van der Waals surface area contributed by atoms with Gasteiger partial charge in [0.1, 0.15) is 0 Å². The fourth-order valence-corrected chi connectivity index (χ4v) is 6.03. The first-order chi connectivity index (χ1) is 17.8. The van der Waals surface area contributed by atoms with E-state index in [4.69, 9.17) is 0 Å². The molecule has 3 rings (SSSR count). The summed E-state index contributed by atoms with van der Waals surface area (Å²) < 4.78 is 0. The fraction of sp³-hybridized carbons (Fsp3) is 0.514. The van der Waals surface area contributed by atoms with Crippen molar-refractivity contribution in [2.24, 2.45) is 0 Å². The summed E-state index contributed by atoms with van der Waals surface area (Å²) in [6.45, 7) is 28.8. The van der Waals surface area contributed by atoms with Crippen molar-refractivity contribution in [3.05, 3.63) is 93.5 Å². The topological polar surface area (TPSA) is 0 Å². The average Bonchev–Trinajstić information content (AvgIpc) is 2.86. The SMILES string of the molecule is CC(C)c1cc(C(C)C)c([B-](Cc2ccccc2)c2c(C(C)C)cc(C(C)C)cc2C(C)C)c(C(C)C)c1. The van der Waals surface area contributed by atoms with Gasteiger partial charge in [0.2, 0.25) is 0 Å². The Kier molecular flexibility index (Phi) is 10.1. The minimum atomic E-state index is 0.324. The molecule has 0 atom stereocenters. The molecule has 0 saturated heterocycles. The van der Waals surface area contributed by atoms with Gasteiger partial charge in [-0.05, 0) is 46.6 Å². The van der Waals surface area contributed by atoms with Crippen molar-refractivity contribution in [1.82, 2.24) is 0 Å². The maximum atomic E-state index is 2.54. The quantitative estimate of drug-likeness (QED) is 0.239. The molecule has 38 heavy (non-hydrogen) atoms. The summed E-state index contributed by atoms with van der Waals surface area (Å²) in [6.07, 6.45) is 1.03. The second kappa shape index (κ2) is 12.7. The molecule has 0 unspecified atom stereocenters. The molecule has 3 aromatic carbocycles. The Bertz CT molecular complexity index is 1060. The molecule has 1 radical (unpaired) electrons. The van der Waals surface area contributed by atoms with Crippen LogP contribution >= 0.6 is 0 Å². The Balaban J connectivity index is 2.51. The maximum Gasteiger partial charge on any atom is -0.0219 e. The van der Waals surface area contributed by atoms with Crippen molar-refractivity contribution in [2.45, 2.75) is 125 Å². The van der Waals surface area contributed by atoms with Gasteiger partial charge >= 0.3 is 0 Å². The maximum absolute atomic E-state index is 2.54. The number of benzene rings is 3. The summed E-state index contributed by atoms with van der Waals surface area (Å²) in [7, 11) is 0. The highest BCUT2D eigenvalue weighted by Gasteiger charge is 2.23. The van der Waals surface area contributed by atoms with E-state index in [9.17, 15) is 0 Å². The van der Waals surface area contributed by atoms with Crippen LogP contribution in [0, 0.1) is 0 Å². The summed E-state index contributed by atoms with van der Waals surface area (Å²) in [5.74, 6) is 2.93. The Labute approximate surface area is 235 Å². The molecule has 0 saturated carbocycles. The van der Waals surface area contributed by atoms with Crippen LogP contribution in [0.2, 0.25) is 0 Å². The molecule has 0 aliphatic heterocycles. The second-order valence-electron chi connectivity index (χ2n) is 13.4. The molecular weight excluding hydrogens is 455 g/mol. The fourth-order valence-electron chi connectivity index (χ4n) is 6.03. The van der Waals surface area contributed by atoms with Crippen LogP contribution in [0.25, 0.3) is 0 Å². The standard InChI is InChI=1S/C37H53B/c1-23(2)30-18-32(25(5)6)36(33(19-30)26(7)8)38(22-29-16-14-13-15-17-29)37-34(27(9)10)20-31(24(3)4)21-35(37)28(11)12/h13-21,23-28H,22H2,1-12H3/q-1. The summed E-state index contributed by atoms with van der Waals surface area (Å²) >= 11 is 0. The van der Waals surface area contributed by atoms with Gasteiger partial charge in [-0.3, -0.25) is 0 Å². The number of hydrogen-bond donors (Lipinski definition) is 0. The first kappa shape index (κ1) is 30.3. The normalized spacial score (nSPS) is 12.4. The van der Waals surface area contributed by atoms with E-state index in [0.29, 0.717) is 42.2 Å². The van der Waals surface area contributed by atoms with Crippen LogP contribution in [0.4, 0.5) is 0 Å². The van der Waals surface area contributed by atoms with Crippen molar-refractivity contribution in [1.29, 1.82) is 0 Å². The molecule has 205 valence electrons. The Morgan fingerprint density at radius 3 is 1.03 bits per heavy atom. The third-order valence-corrected chi connectivity index (χ3v) is 8.33. The summed E-state index contributed by atoms with van der Waals surface area (Å²) in [4.78, 5) is 0. The summed E-state index contributed by atoms with van der Waals surface area (Å²) in [5, 5.41) is 0. The molecule has 0 aliphatic carbocycles. The first-order valence-electron chi connectivity index (χ1n) is 15.2. The zero-order valence-corrected chi connectivity index (χ0v) is 26.4. The van der Waals surface area contributed by atoms with Gasteiger partial charge in [0.25, 0.3) is 0 Å². The molecule has 0 N–H and O–H groups in total. The molecule has 0 heterocycles. The van der Waals surface area contributed by atoms with Crippen LogP contribution in [-0.4, -0.2) is 6.71 Å². The van der Waals surface area contributed by atoms with Gasteiger partial charge in [-0.1, -0.05) is 172 Å². The van der Waals surface area contributed by atoms with Gasteiger partial charge in [0.05, 0.1) is 0 Å². The highest BCUT2D eigenvalue weighted by molar-refractivity contribution is 6.86. The lowest BCUT2D eigenvalue weighted by Crippen LogP contribution is -2.51. The van der Waals surface area contributed by atoms with E-state index in [-0.39, 0.29) is 0 Å². The lowest BCUT2D eigenvalue weighted by atomic mass is 9.33. The molecule has 0 amide bonds. The zero-order chi connectivity index (χ0) is 28.3. The smallest absolute Gasteiger partial charge is 0.0219 e. The summed E-state index contributed by atoms with van der Waals surface area (Å²) in [5.41, 5.74) is 13.7. The van der Waals surface area contributed by atoms with Gasteiger partial charge in [0, 0.05) is 0 Å². The molecule has 0 aliphatic rings. The molecular formula is C37H53B-. The van der Waals surface area contributed by atoms with Gasteiger partial charge in [-0.15, -0.1) is 0 Å². The molecule has 0 bridgehead atoms. The van der Waals surface area contributed by atoms with Crippen LogP contribution in [0.1, 0.15) is 158 Å². The predicted molar refractivity (Wildman–Crippen MR) is 173 cm³/mol. The summed E-state index contributed by atoms with van der Waals surface area (Å²) in [6, 6.07) is 21.4. The van der Waals surface area contributed by atoms with E-state index in [0.717, 1.165) is 6.32 Å². The van der Waals surface area contributed by atoms with E-state index in [2.05, 4.69) is 138 Å². The highest BCUT2D eigenvalue weighted by Crippen LogP contribution is 2.31. The second-order valence-corrected chi connectivity index (χ2v) is 13.4. The Hall–Kier alpha value is -2.28. The van der Waals surface area contributed by atoms with Crippen LogP contribution in [0.3, 0.4) is 0 Å². The third kappa shape index (κ3) is 6.64. The lowest BCUT2D eigenvalue weighted by molar-refractivity contribution is 0.809. The molecule has 1 heteroatoms. The lowest BCUT2D eigenvalue weighted by Gasteiger charge is -2.42. The van der Waals surface area contributed by atoms with Crippen molar-refractivity contribution in [3.8, 4) is 0 Å². The molecule has 0 aromatic heterocycles. The van der Waals surface area contributed by atoms with Crippen molar-refractivity contribution < 1.29 is 0 Å². The predicted octanol–water partition coefficient (Wildman–Crippen LogP) is 9.82. The monoisotopic (exact) mass is 508 g/mol. The van der Waals surface area contributed by atoms with E-state index < -0.39 is 0 Å². The van der Waals surface area contributed by atoms with E-state index >= 15 is 0 Å². The molecule has 0 nitrogen and oxygen atoms in total. The molecule has 3 aromatic rings. The van der Waals surface area contributed by atoms with E-state index in [1.165, 1.54) is 38.9 Å². The Morgan fingerprint density at radius 1 is 0.447 bits per heavy atom. The minimum absolute atomic E-state index is 0.324. The molecule has 0 spiro atoms. The Morgan fingerprint density at radius 2 is 0.763 bits per heavy atom. The average molecular weight is 509 g/mol. The number of rotatable bonds is 10.